The van der Waals surface area contributed by atoms with E-state index in [1.807, 2.05) is 24.3 Å². The number of oxazole rings is 1. The molecule has 3 heterocycles. The Morgan fingerprint density at radius 3 is 2.57 bits per heavy atom. The maximum atomic E-state index is 14.3. The number of rotatable bonds is 10. The number of carbonyl (C=O) groups is 1. The van der Waals surface area contributed by atoms with Crippen LogP contribution in [0.4, 0.5) is 0 Å². The fraction of sp³-hybridized carbons (Fsp3) is 0.515. The minimum absolute atomic E-state index is 0.0586. The first-order valence-corrected chi connectivity index (χ1v) is 16.0. The predicted octanol–water partition coefficient (Wildman–Crippen LogP) is 5.60. The molecule has 3 unspecified atom stereocenters. The number of methoxy groups -OCH3 is 1. The summed E-state index contributed by atoms with van der Waals surface area (Å²) in [5, 5.41) is 10.4. The van der Waals surface area contributed by atoms with Crippen LogP contribution in [0.25, 0.3) is 21.0 Å². The molecule has 11 heteroatoms. The molecular weight excluding hydrogens is 582 g/mol. The molecule has 44 heavy (non-hydrogen) atoms. The van der Waals surface area contributed by atoms with Crippen LogP contribution in [0.5, 0.6) is 5.75 Å². The number of carboxylic acids is 1. The zero-order chi connectivity index (χ0) is 31.0. The maximum absolute atomic E-state index is 14.3. The van der Waals surface area contributed by atoms with Crippen LogP contribution in [0.3, 0.4) is 0 Å². The molecule has 4 fully saturated rings. The summed E-state index contributed by atoms with van der Waals surface area (Å²) in [6.45, 7) is 5.13. The van der Waals surface area contributed by atoms with Crippen molar-refractivity contribution in [2.24, 2.45) is 23.2 Å². The summed E-state index contributed by atoms with van der Waals surface area (Å²) in [6, 6.07) is 7.61. The molecule has 4 aliphatic carbocycles. The van der Waals surface area contributed by atoms with Gasteiger partial charge in [-0.1, -0.05) is 18.2 Å². The van der Waals surface area contributed by atoms with Crippen molar-refractivity contribution >= 4 is 27.5 Å². The molecule has 0 aliphatic heterocycles. The monoisotopic (exact) mass is 619 g/mol. The number of thiophene rings is 1. The Hall–Kier alpha value is -3.70. The Kier molecular flexibility index (Phi) is 6.89. The number of aliphatic carboxylic acids is 1. The molecule has 1 aromatic carbocycles. The molecule has 232 valence electrons. The third-order valence-corrected chi connectivity index (χ3v) is 11.7. The summed E-state index contributed by atoms with van der Waals surface area (Å²) in [5.74, 6) is 2.02. The van der Waals surface area contributed by atoms with E-state index in [4.69, 9.17) is 13.9 Å². The Bertz CT molecular complexity index is 1850. The lowest BCUT2D eigenvalue weighted by atomic mass is 9.70. The summed E-state index contributed by atoms with van der Waals surface area (Å²) in [6.07, 6.45) is 8.58. The lowest BCUT2D eigenvalue weighted by Crippen LogP contribution is -2.52. The van der Waals surface area contributed by atoms with Crippen molar-refractivity contribution in [2.45, 2.75) is 71.1 Å². The zero-order valence-electron chi connectivity index (χ0n) is 25.4. The van der Waals surface area contributed by atoms with E-state index >= 15 is 0 Å². The molecule has 10 nitrogen and oxygen atoms in total. The van der Waals surface area contributed by atoms with E-state index in [2.05, 4.69) is 4.98 Å². The molecule has 8 rings (SSSR count). The summed E-state index contributed by atoms with van der Waals surface area (Å²) >= 11 is 1.23. The van der Waals surface area contributed by atoms with Crippen molar-refractivity contribution in [3.05, 3.63) is 68.7 Å². The number of aryl methyl sites for hydroxylation is 1. The highest BCUT2D eigenvalue weighted by atomic mass is 32.1. The van der Waals surface area contributed by atoms with E-state index in [0.29, 0.717) is 33.5 Å². The average molecular weight is 620 g/mol. The molecule has 0 spiro atoms. The lowest BCUT2D eigenvalue weighted by Gasteiger charge is -2.39. The molecular formula is C33H37N3O7S. The van der Waals surface area contributed by atoms with E-state index < -0.39 is 28.9 Å². The normalized spacial score (nSPS) is 24.8. The van der Waals surface area contributed by atoms with Gasteiger partial charge in [-0.2, -0.15) is 0 Å². The Balaban J connectivity index is 1.38. The molecule has 0 radical (unpaired) electrons. The Morgan fingerprint density at radius 2 is 1.93 bits per heavy atom. The number of ether oxygens (including phenoxy) is 2. The first-order chi connectivity index (χ1) is 21.0. The summed E-state index contributed by atoms with van der Waals surface area (Å²) in [5.41, 5.74) is -1.67. The Morgan fingerprint density at radius 1 is 1.20 bits per heavy atom. The van der Waals surface area contributed by atoms with Crippen LogP contribution in [0.1, 0.15) is 63.2 Å². The SMILES string of the molecule is COc1ccccc1C(Cn1c(=O)n(C(C)(C)C(=O)O)c(=O)c2c(C)c(-c3ncco3)sc21)OCC12CC3CC(C1)C(C3)C2. The number of para-hydroxylation sites is 1. The minimum Gasteiger partial charge on any atom is -0.496 e. The highest BCUT2D eigenvalue weighted by Gasteiger charge is 2.56. The summed E-state index contributed by atoms with van der Waals surface area (Å²) in [4.78, 5) is 46.0. The van der Waals surface area contributed by atoms with E-state index in [1.165, 1.54) is 74.3 Å². The van der Waals surface area contributed by atoms with Crippen molar-refractivity contribution in [2.75, 3.05) is 13.7 Å². The van der Waals surface area contributed by atoms with Gasteiger partial charge in [0, 0.05) is 5.56 Å². The van der Waals surface area contributed by atoms with Crippen LogP contribution in [-0.2, 0) is 21.6 Å². The van der Waals surface area contributed by atoms with Gasteiger partial charge in [0.25, 0.3) is 5.56 Å². The molecule has 4 aromatic rings. The van der Waals surface area contributed by atoms with Crippen LogP contribution >= 0.6 is 11.3 Å². The molecule has 3 atom stereocenters. The molecule has 4 bridgehead atoms. The third-order valence-electron chi connectivity index (χ3n) is 10.4. The Labute approximate surface area is 258 Å². The van der Waals surface area contributed by atoms with Gasteiger partial charge in [-0.3, -0.25) is 9.36 Å². The number of hydrogen-bond donors (Lipinski definition) is 1. The second-order valence-electron chi connectivity index (χ2n) is 13.5. The number of benzene rings is 1. The number of hydrogen-bond acceptors (Lipinski definition) is 8. The van der Waals surface area contributed by atoms with E-state index in [1.54, 1.807) is 14.0 Å². The molecule has 0 amide bonds. The first kappa shape index (κ1) is 29.0. The van der Waals surface area contributed by atoms with Gasteiger partial charge in [0.2, 0.25) is 5.89 Å². The molecule has 4 aliphatic rings. The van der Waals surface area contributed by atoms with Crippen LogP contribution in [0.2, 0.25) is 0 Å². The fourth-order valence-electron chi connectivity index (χ4n) is 8.41. The predicted molar refractivity (Wildman–Crippen MR) is 165 cm³/mol. The molecule has 1 N–H and O–H groups in total. The maximum Gasteiger partial charge on any atom is 0.333 e. The number of fused-ring (bicyclic) bond motifs is 1. The van der Waals surface area contributed by atoms with Gasteiger partial charge in [-0.05, 0) is 87.7 Å². The van der Waals surface area contributed by atoms with Gasteiger partial charge in [-0.15, -0.1) is 11.3 Å². The van der Waals surface area contributed by atoms with E-state index in [-0.39, 0.29) is 17.3 Å². The fourth-order valence-corrected chi connectivity index (χ4v) is 9.65. The number of nitrogens with zero attached hydrogens (tertiary/aromatic N) is 3. The van der Waals surface area contributed by atoms with Crippen molar-refractivity contribution in [1.29, 1.82) is 0 Å². The van der Waals surface area contributed by atoms with E-state index in [0.717, 1.165) is 27.9 Å². The third kappa shape index (κ3) is 4.46. The first-order valence-electron chi connectivity index (χ1n) is 15.2. The summed E-state index contributed by atoms with van der Waals surface area (Å²) < 4.78 is 20.5. The molecule has 4 saturated carbocycles. The zero-order valence-corrected chi connectivity index (χ0v) is 26.2. The van der Waals surface area contributed by atoms with Gasteiger partial charge < -0.3 is 19.0 Å². The van der Waals surface area contributed by atoms with Crippen LogP contribution in [-0.4, -0.2) is 38.9 Å². The molecule has 3 aromatic heterocycles. The second-order valence-corrected chi connectivity index (χ2v) is 14.5. The highest BCUT2D eigenvalue weighted by Crippen LogP contribution is 2.64. The number of carboxylic acid groups (broad SMARTS) is 1. The van der Waals surface area contributed by atoms with Gasteiger partial charge in [0.15, 0.2) is 0 Å². The quantitative estimate of drug-likeness (QED) is 0.243. The largest absolute Gasteiger partial charge is 0.496 e. The standard InChI is InChI=1S/C33H37N3O7S/c1-18-25-28(37)36(32(2,3)30(38)39)31(40)35(29(25)44-26(18)27-34-9-10-42-27)16-24(22-7-5-6-8-23(22)41-4)43-17-33-13-19-11-20(14-33)21(12-19)15-33/h5-10,19-21,24H,11-17H2,1-4H3,(H,38,39). The van der Waals surface area contributed by atoms with Crippen LogP contribution in [0, 0.1) is 30.1 Å². The number of aromatic nitrogens is 3. The van der Waals surface area contributed by atoms with Gasteiger partial charge >= 0.3 is 11.7 Å². The molecule has 0 saturated heterocycles. The van der Waals surface area contributed by atoms with Crippen molar-refractivity contribution < 1.29 is 23.8 Å². The van der Waals surface area contributed by atoms with Crippen molar-refractivity contribution in [3.8, 4) is 16.5 Å². The topological polar surface area (TPSA) is 126 Å². The van der Waals surface area contributed by atoms with Gasteiger partial charge in [-0.25, -0.2) is 19.1 Å². The lowest BCUT2D eigenvalue weighted by molar-refractivity contribution is -0.146. The second kappa shape index (κ2) is 10.4. The van der Waals surface area contributed by atoms with E-state index in [9.17, 15) is 19.5 Å². The van der Waals surface area contributed by atoms with Crippen LogP contribution in [0.15, 0.2) is 50.7 Å². The average Bonchev–Trinajstić information content (AvgIpc) is 3.75. The van der Waals surface area contributed by atoms with Gasteiger partial charge in [0.05, 0.1) is 36.7 Å². The van der Waals surface area contributed by atoms with Crippen LogP contribution < -0.4 is 16.0 Å². The van der Waals surface area contributed by atoms with Crippen molar-refractivity contribution in [3.63, 3.8) is 0 Å². The summed E-state index contributed by atoms with van der Waals surface area (Å²) in [7, 11) is 1.61. The van der Waals surface area contributed by atoms with Gasteiger partial charge in [0.1, 0.15) is 28.5 Å². The smallest absolute Gasteiger partial charge is 0.333 e. The highest BCUT2D eigenvalue weighted by molar-refractivity contribution is 7.22. The minimum atomic E-state index is -1.80. The van der Waals surface area contributed by atoms with Crippen molar-refractivity contribution in [1.82, 2.24) is 14.1 Å².